The van der Waals surface area contributed by atoms with Gasteiger partial charge in [0, 0.05) is 0 Å². The summed E-state index contributed by atoms with van der Waals surface area (Å²) >= 11 is 22.0. The van der Waals surface area contributed by atoms with Crippen LogP contribution in [0.15, 0.2) is 0 Å². The van der Waals surface area contributed by atoms with Crippen molar-refractivity contribution in [2.75, 3.05) is 5.75 Å². The van der Waals surface area contributed by atoms with E-state index in [-0.39, 0.29) is 0 Å². The molecule has 34 heavy (non-hydrogen) atoms. The van der Waals surface area contributed by atoms with Gasteiger partial charge >= 0.3 is 6.00 Å². The number of hydrogen-bond acceptors (Lipinski definition) is 1. The van der Waals surface area contributed by atoms with E-state index in [0.29, 0.717) is 0 Å². The fourth-order valence-electron chi connectivity index (χ4n) is 4.86. The number of halogens is 3. The van der Waals surface area contributed by atoms with E-state index < -0.39 is 6.00 Å². The van der Waals surface area contributed by atoms with Gasteiger partial charge in [-0.3, -0.25) is 0 Å². The minimum Gasteiger partial charge on any atom is -0.179 e. The highest BCUT2D eigenvalue weighted by molar-refractivity contribution is 7.80. The topological polar surface area (TPSA) is 0 Å². The van der Waals surface area contributed by atoms with Gasteiger partial charge in [0.15, 0.2) is 0 Å². The zero-order chi connectivity index (χ0) is 25.0. The summed E-state index contributed by atoms with van der Waals surface area (Å²) in [7, 11) is 0. The van der Waals surface area contributed by atoms with Gasteiger partial charge in [0.25, 0.3) is 0 Å². The molecule has 0 aliphatic heterocycles. The van der Waals surface area contributed by atoms with Crippen LogP contribution in [0.1, 0.15) is 173 Å². The van der Waals surface area contributed by atoms with Crippen LogP contribution in [-0.4, -0.2) is 11.8 Å². The molecule has 0 atom stereocenters. The molecule has 0 amide bonds. The standard InChI is InChI=1S/C29H59Cl3SSi/c30-34(31,32)29-27-25-23-21-19-17-15-13-11-9-7-5-3-1-2-4-6-8-10-12-14-16-18-20-22-24-26-28-33/h33H,1-29H2. The van der Waals surface area contributed by atoms with E-state index in [4.69, 9.17) is 33.2 Å². The van der Waals surface area contributed by atoms with Crippen molar-refractivity contribution in [3.63, 3.8) is 0 Å². The first-order chi connectivity index (χ1) is 16.6. The molecule has 0 saturated carbocycles. The summed E-state index contributed by atoms with van der Waals surface area (Å²) in [5.74, 6) is 1.06. The highest BCUT2D eigenvalue weighted by atomic mass is 35.8. The Labute approximate surface area is 236 Å². The maximum Gasteiger partial charge on any atom is 0.341 e. The van der Waals surface area contributed by atoms with Gasteiger partial charge in [-0.15, -0.1) is 33.2 Å². The lowest BCUT2D eigenvalue weighted by atomic mass is 10.0. The molecule has 0 heterocycles. The zero-order valence-electron chi connectivity index (χ0n) is 22.6. The predicted octanol–water partition coefficient (Wildman–Crippen LogP) is 13.1. The average molecular weight is 574 g/mol. The predicted molar refractivity (Wildman–Crippen MR) is 167 cm³/mol. The van der Waals surface area contributed by atoms with Crippen molar-refractivity contribution in [1.82, 2.24) is 0 Å². The molecule has 206 valence electrons. The summed E-state index contributed by atoms with van der Waals surface area (Å²) in [5.41, 5.74) is 0. The summed E-state index contributed by atoms with van der Waals surface area (Å²) < 4.78 is 0. The Hall–Kier alpha value is 1.44. The fraction of sp³-hybridized carbons (Fsp3) is 1.00. The van der Waals surface area contributed by atoms with E-state index in [1.54, 1.807) is 0 Å². The maximum absolute atomic E-state index is 5.91. The van der Waals surface area contributed by atoms with Crippen LogP contribution in [0, 0.1) is 0 Å². The first-order valence-electron chi connectivity index (χ1n) is 15.2. The second kappa shape index (κ2) is 29.0. The molecule has 0 aliphatic carbocycles. The third-order valence-electron chi connectivity index (χ3n) is 7.12. The highest BCUT2D eigenvalue weighted by Crippen LogP contribution is 2.27. The van der Waals surface area contributed by atoms with Crippen LogP contribution in [-0.2, 0) is 0 Å². The van der Waals surface area contributed by atoms with Gasteiger partial charge in [0.2, 0.25) is 0 Å². The van der Waals surface area contributed by atoms with Crippen molar-refractivity contribution >= 4 is 51.9 Å². The lowest BCUT2D eigenvalue weighted by Crippen LogP contribution is -2.07. The summed E-state index contributed by atoms with van der Waals surface area (Å²) in [6, 6.07) is -1.53. The molecular weight excluding hydrogens is 515 g/mol. The summed E-state index contributed by atoms with van der Waals surface area (Å²) in [6.45, 7) is 0. The summed E-state index contributed by atoms with van der Waals surface area (Å²) in [5, 5.41) is 0. The van der Waals surface area contributed by atoms with Crippen LogP contribution < -0.4 is 0 Å². The Morgan fingerprint density at radius 1 is 0.294 bits per heavy atom. The second-order valence-corrected chi connectivity index (χ2v) is 20.4. The Bertz CT molecular complexity index is 377. The van der Waals surface area contributed by atoms with Gasteiger partial charge in [0.1, 0.15) is 0 Å². The van der Waals surface area contributed by atoms with E-state index in [9.17, 15) is 0 Å². The van der Waals surface area contributed by atoms with Crippen molar-refractivity contribution in [3.05, 3.63) is 0 Å². The monoisotopic (exact) mass is 572 g/mol. The zero-order valence-corrected chi connectivity index (χ0v) is 26.7. The molecule has 0 aromatic rings. The molecule has 0 nitrogen and oxygen atoms in total. The van der Waals surface area contributed by atoms with Gasteiger partial charge in [0.05, 0.1) is 0 Å². The van der Waals surface area contributed by atoms with Gasteiger partial charge in [-0.1, -0.05) is 167 Å². The van der Waals surface area contributed by atoms with Crippen molar-refractivity contribution < 1.29 is 0 Å². The van der Waals surface area contributed by atoms with E-state index in [0.717, 1.165) is 18.2 Å². The van der Waals surface area contributed by atoms with Gasteiger partial charge < -0.3 is 0 Å². The minimum absolute atomic E-state index is 0.829. The first kappa shape index (κ1) is 35.4. The molecule has 5 heteroatoms. The number of unbranched alkanes of at least 4 members (excludes halogenated alkanes) is 26. The van der Waals surface area contributed by atoms with E-state index in [1.807, 2.05) is 0 Å². The lowest BCUT2D eigenvalue weighted by molar-refractivity contribution is 0.515. The van der Waals surface area contributed by atoms with Gasteiger partial charge in [-0.05, 0) is 18.2 Å². The Morgan fingerprint density at radius 2 is 0.471 bits per heavy atom. The van der Waals surface area contributed by atoms with Crippen molar-refractivity contribution in [3.8, 4) is 0 Å². The van der Waals surface area contributed by atoms with Crippen LogP contribution in [0.4, 0.5) is 0 Å². The van der Waals surface area contributed by atoms with E-state index in [1.165, 1.54) is 167 Å². The number of rotatable bonds is 29. The highest BCUT2D eigenvalue weighted by Gasteiger charge is 2.23. The molecule has 0 aliphatic rings. The van der Waals surface area contributed by atoms with Gasteiger partial charge in [-0.25, -0.2) is 0 Å². The Kier molecular flexibility index (Phi) is 30.2. The minimum atomic E-state index is -2.36. The largest absolute Gasteiger partial charge is 0.341 e. The molecule has 0 unspecified atom stereocenters. The molecule has 0 aromatic heterocycles. The van der Waals surface area contributed by atoms with Crippen LogP contribution in [0.5, 0.6) is 0 Å². The van der Waals surface area contributed by atoms with Crippen LogP contribution >= 0.6 is 45.9 Å². The molecule has 0 saturated heterocycles. The van der Waals surface area contributed by atoms with Gasteiger partial charge in [-0.2, -0.15) is 12.6 Å². The normalized spacial score (nSPS) is 12.0. The third-order valence-corrected chi connectivity index (χ3v) is 10.1. The molecule has 0 aromatic carbocycles. The maximum atomic E-state index is 5.91. The lowest BCUT2D eigenvalue weighted by Gasteiger charge is -2.07. The molecule has 0 bridgehead atoms. The second-order valence-electron chi connectivity index (χ2n) is 10.6. The Balaban J connectivity index is 3.03. The molecule has 0 fully saturated rings. The average Bonchev–Trinajstić information content (AvgIpc) is 2.80. The number of thiol groups is 1. The molecule has 0 rings (SSSR count). The molecule has 0 spiro atoms. The van der Waals surface area contributed by atoms with E-state index in [2.05, 4.69) is 12.6 Å². The Morgan fingerprint density at radius 3 is 0.647 bits per heavy atom. The SMILES string of the molecule is SCCCCCCCCCCCCCCCCCCCCCCCCCCCCC[Si](Cl)(Cl)Cl. The van der Waals surface area contributed by atoms with Crippen molar-refractivity contribution in [2.45, 2.75) is 179 Å². The smallest absolute Gasteiger partial charge is 0.179 e. The fourth-order valence-corrected chi connectivity index (χ4v) is 6.93. The first-order valence-corrected chi connectivity index (χ1v) is 21.1. The van der Waals surface area contributed by atoms with Crippen LogP contribution in [0.2, 0.25) is 6.04 Å². The summed E-state index contributed by atoms with van der Waals surface area (Å²) in [6.07, 6.45) is 38.2. The quantitative estimate of drug-likeness (QED) is 0.0391. The van der Waals surface area contributed by atoms with Crippen LogP contribution in [0.25, 0.3) is 0 Å². The number of hydrogen-bond donors (Lipinski definition) is 1. The molecule has 0 radical (unpaired) electrons. The van der Waals surface area contributed by atoms with Crippen molar-refractivity contribution in [2.24, 2.45) is 0 Å². The molecule has 0 N–H and O–H groups in total. The third kappa shape index (κ3) is 33.4. The van der Waals surface area contributed by atoms with E-state index >= 15 is 0 Å². The van der Waals surface area contributed by atoms with Crippen LogP contribution in [0.3, 0.4) is 0 Å². The summed E-state index contributed by atoms with van der Waals surface area (Å²) in [4.78, 5) is 0. The molecular formula is C29H59Cl3SSi. The van der Waals surface area contributed by atoms with Crippen molar-refractivity contribution in [1.29, 1.82) is 0 Å².